The molecule has 1 fully saturated rings. The van der Waals surface area contributed by atoms with Crippen molar-refractivity contribution in [1.82, 2.24) is 15.1 Å². The van der Waals surface area contributed by atoms with Crippen molar-refractivity contribution in [2.24, 2.45) is 0 Å². The van der Waals surface area contributed by atoms with Crippen LogP contribution in [0.4, 0.5) is 0 Å². The zero-order valence-corrected chi connectivity index (χ0v) is 13.2. The van der Waals surface area contributed by atoms with Crippen molar-refractivity contribution >= 4 is 9.84 Å². The van der Waals surface area contributed by atoms with E-state index in [1.54, 1.807) is 0 Å². The predicted octanol–water partition coefficient (Wildman–Crippen LogP) is -0.698. The first-order valence-corrected chi connectivity index (χ1v) is 8.91. The lowest BCUT2D eigenvalue weighted by molar-refractivity contribution is 0.0942. The summed E-state index contributed by atoms with van der Waals surface area (Å²) in [4.78, 5) is 0. The molecule has 0 radical (unpaired) electrons. The van der Waals surface area contributed by atoms with Crippen LogP contribution in [0.2, 0.25) is 0 Å². The lowest BCUT2D eigenvalue weighted by Crippen LogP contribution is -2.29. The van der Waals surface area contributed by atoms with Crippen molar-refractivity contribution < 1.29 is 18.6 Å². The van der Waals surface area contributed by atoms with E-state index in [4.69, 9.17) is 5.11 Å². The Balaban J connectivity index is 2.07. The molecule has 0 saturated carbocycles. The molecule has 1 aromatic rings. The molecule has 2 heterocycles. The number of aliphatic hydroxyl groups is 2. The van der Waals surface area contributed by atoms with Crippen LogP contribution in [0, 0.1) is 13.8 Å². The van der Waals surface area contributed by atoms with Crippen LogP contribution in [0.15, 0.2) is 0 Å². The van der Waals surface area contributed by atoms with Gasteiger partial charge in [0, 0.05) is 24.3 Å². The minimum atomic E-state index is -2.93. The van der Waals surface area contributed by atoms with Crippen LogP contribution in [-0.4, -0.2) is 59.2 Å². The Morgan fingerprint density at radius 3 is 2.76 bits per heavy atom. The van der Waals surface area contributed by atoms with Gasteiger partial charge < -0.3 is 15.5 Å². The number of aromatic nitrogens is 2. The fraction of sp³-hybridized carbons (Fsp3) is 0.769. The third-order valence-electron chi connectivity index (χ3n) is 3.92. The largest absolute Gasteiger partial charge is 0.394 e. The lowest BCUT2D eigenvalue weighted by atomic mass is 10.2. The molecule has 21 heavy (non-hydrogen) atoms. The van der Waals surface area contributed by atoms with Gasteiger partial charge in [0.1, 0.15) is 0 Å². The molecule has 2 rings (SSSR count). The average molecular weight is 317 g/mol. The number of aliphatic hydroxyl groups excluding tert-OH is 2. The van der Waals surface area contributed by atoms with Gasteiger partial charge in [-0.2, -0.15) is 5.10 Å². The number of hydrogen-bond donors (Lipinski definition) is 3. The summed E-state index contributed by atoms with van der Waals surface area (Å²) in [5.41, 5.74) is 2.84. The number of nitrogens with one attached hydrogen (secondary N) is 1. The Morgan fingerprint density at radius 2 is 2.19 bits per heavy atom. The molecule has 0 amide bonds. The van der Waals surface area contributed by atoms with E-state index in [9.17, 15) is 13.5 Å². The molecule has 0 bridgehead atoms. The monoisotopic (exact) mass is 317 g/mol. The van der Waals surface area contributed by atoms with Crippen LogP contribution < -0.4 is 5.32 Å². The van der Waals surface area contributed by atoms with Gasteiger partial charge in [0.25, 0.3) is 0 Å². The normalized spacial score (nSPS) is 22.6. The van der Waals surface area contributed by atoms with E-state index in [2.05, 4.69) is 10.4 Å². The summed E-state index contributed by atoms with van der Waals surface area (Å²) < 4.78 is 25.0. The summed E-state index contributed by atoms with van der Waals surface area (Å²) in [5, 5.41) is 25.6. The van der Waals surface area contributed by atoms with Crippen molar-refractivity contribution in [2.45, 2.75) is 39.0 Å². The fourth-order valence-electron chi connectivity index (χ4n) is 2.70. The molecule has 1 saturated heterocycles. The van der Waals surface area contributed by atoms with Gasteiger partial charge in [0.05, 0.1) is 36.0 Å². The molecule has 0 aliphatic carbocycles. The topological polar surface area (TPSA) is 104 Å². The van der Waals surface area contributed by atoms with Crippen LogP contribution in [0.3, 0.4) is 0 Å². The van der Waals surface area contributed by atoms with Crippen LogP contribution in [-0.2, 0) is 16.4 Å². The Hall–Kier alpha value is -0.960. The molecule has 8 heteroatoms. The summed E-state index contributed by atoms with van der Waals surface area (Å²) in [6, 6.07) is -0.0783. The molecule has 3 N–H and O–H groups in total. The molecule has 2 atom stereocenters. The van der Waals surface area contributed by atoms with Crippen molar-refractivity contribution in [3.05, 3.63) is 17.0 Å². The highest BCUT2D eigenvalue weighted by Gasteiger charge is 2.31. The highest BCUT2D eigenvalue weighted by atomic mass is 32.2. The molecular weight excluding hydrogens is 294 g/mol. The lowest BCUT2D eigenvalue weighted by Gasteiger charge is -2.12. The minimum Gasteiger partial charge on any atom is -0.394 e. The second-order valence-corrected chi connectivity index (χ2v) is 7.85. The zero-order chi connectivity index (χ0) is 15.6. The summed E-state index contributed by atoms with van der Waals surface area (Å²) in [6.07, 6.45) is -0.166. The molecule has 2 unspecified atom stereocenters. The minimum absolute atomic E-state index is 0.0783. The van der Waals surface area contributed by atoms with Crippen LogP contribution in [0.25, 0.3) is 0 Å². The third-order valence-corrected chi connectivity index (χ3v) is 5.67. The van der Waals surface area contributed by atoms with Gasteiger partial charge in [-0.15, -0.1) is 0 Å². The number of hydrogen-bond acceptors (Lipinski definition) is 6. The Morgan fingerprint density at radius 1 is 1.48 bits per heavy atom. The maximum Gasteiger partial charge on any atom is 0.152 e. The van der Waals surface area contributed by atoms with Gasteiger partial charge in [-0.1, -0.05) is 0 Å². The molecular formula is C13H23N3O4S. The van der Waals surface area contributed by atoms with E-state index in [1.165, 1.54) is 0 Å². The average Bonchev–Trinajstić information content (AvgIpc) is 2.91. The van der Waals surface area contributed by atoms with E-state index in [0.29, 0.717) is 19.5 Å². The molecule has 0 aromatic carbocycles. The first kappa shape index (κ1) is 16.4. The van der Waals surface area contributed by atoms with Crippen LogP contribution in [0.5, 0.6) is 0 Å². The first-order chi connectivity index (χ1) is 9.84. The zero-order valence-electron chi connectivity index (χ0n) is 12.4. The van der Waals surface area contributed by atoms with E-state index in [0.717, 1.165) is 17.0 Å². The summed E-state index contributed by atoms with van der Waals surface area (Å²) >= 11 is 0. The van der Waals surface area contributed by atoms with Gasteiger partial charge in [0.2, 0.25) is 0 Å². The van der Waals surface area contributed by atoms with E-state index >= 15 is 0 Å². The SMILES string of the molecule is Cc1nn(C2CCS(=O)(=O)C2)c(C)c1CNCC(O)CO. The first-order valence-electron chi connectivity index (χ1n) is 7.08. The molecule has 1 aliphatic rings. The van der Waals surface area contributed by atoms with Crippen molar-refractivity contribution in [3.8, 4) is 0 Å². The van der Waals surface area contributed by atoms with Gasteiger partial charge in [-0.3, -0.25) is 4.68 Å². The number of rotatable bonds is 6. The van der Waals surface area contributed by atoms with Gasteiger partial charge in [-0.05, 0) is 20.3 Å². The van der Waals surface area contributed by atoms with E-state index in [1.807, 2.05) is 18.5 Å². The fourth-order valence-corrected chi connectivity index (χ4v) is 4.40. The number of sulfone groups is 1. The molecule has 120 valence electrons. The Bertz CT molecular complexity index is 597. The maximum absolute atomic E-state index is 11.6. The molecule has 1 aliphatic heterocycles. The molecule has 0 spiro atoms. The standard InChI is InChI=1S/C13H23N3O4S/c1-9-13(6-14-5-12(18)7-17)10(2)16(15-9)11-3-4-21(19,20)8-11/h11-12,14,17-18H,3-8H2,1-2H3. The molecule has 7 nitrogen and oxygen atoms in total. The van der Waals surface area contributed by atoms with Gasteiger partial charge in [-0.25, -0.2) is 8.42 Å². The second kappa shape index (κ2) is 6.43. The molecule has 1 aromatic heterocycles. The maximum atomic E-state index is 11.6. The second-order valence-electron chi connectivity index (χ2n) is 5.62. The van der Waals surface area contributed by atoms with Gasteiger partial charge in [0.15, 0.2) is 9.84 Å². The Labute approximate surface area is 124 Å². The summed E-state index contributed by atoms with van der Waals surface area (Å²) in [6.45, 7) is 4.40. The number of aryl methyl sites for hydroxylation is 1. The quantitative estimate of drug-likeness (QED) is 0.641. The van der Waals surface area contributed by atoms with Crippen molar-refractivity contribution in [3.63, 3.8) is 0 Å². The predicted molar refractivity (Wildman–Crippen MR) is 78.8 cm³/mol. The highest BCUT2D eigenvalue weighted by Crippen LogP contribution is 2.26. The third kappa shape index (κ3) is 3.82. The van der Waals surface area contributed by atoms with E-state index in [-0.39, 0.29) is 24.2 Å². The smallest absolute Gasteiger partial charge is 0.152 e. The van der Waals surface area contributed by atoms with Crippen LogP contribution in [0.1, 0.15) is 29.4 Å². The summed E-state index contributed by atoms with van der Waals surface area (Å²) in [7, 11) is -2.93. The number of nitrogens with zero attached hydrogens (tertiary/aromatic N) is 2. The highest BCUT2D eigenvalue weighted by molar-refractivity contribution is 7.91. The van der Waals surface area contributed by atoms with Crippen molar-refractivity contribution in [1.29, 1.82) is 0 Å². The van der Waals surface area contributed by atoms with Crippen LogP contribution >= 0.6 is 0 Å². The van der Waals surface area contributed by atoms with E-state index < -0.39 is 15.9 Å². The van der Waals surface area contributed by atoms with Crippen molar-refractivity contribution in [2.75, 3.05) is 24.7 Å². The Kier molecular flexibility index (Phi) is 5.03. The van der Waals surface area contributed by atoms with Gasteiger partial charge >= 0.3 is 0 Å². The summed E-state index contributed by atoms with van der Waals surface area (Å²) in [5.74, 6) is 0.386.